The second-order valence-corrected chi connectivity index (χ2v) is 12.0. The molecule has 2 aromatic carbocycles. The number of halogens is 2. The van der Waals surface area contributed by atoms with E-state index in [0.29, 0.717) is 23.0 Å². The fourth-order valence-electron chi connectivity index (χ4n) is 5.77. The number of piperidine rings is 1. The second-order valence-electron chi connectivity index (χ2n) is 12.0. The van der Waals surface area contributed by atoms with Crippen molar-refractivity contribution in [2.45, 2.75) is 65.1 Å². The molecular weight excluding hydrogens is 522 g/mol. The average Bonchev–Trinajstić information content (AvgIpc) is 2.91. The van der Waals surface area contributed by atoms with Gasteiger partial charge in [-0.1, -0.05) is 6.58 Å². The van der Waals surface area contributed by atoms with Gasteiger partial charge in [-0.25, -0.2) is 18.7 Å². The van der Waals surface area contributed by atoms with Crippen LogP contribution in [0.2, 0.25) is 0 Å². The predicted molar refractivity (Wildman–Crippen MR) is 162 cm³/mol. The van der Waals surface area contributed by atoms with E-state index in [2.05, 4.69) is 64.5 Å². The number of hydrogen-bond donors (Lipinski definition) is 1. The summed E-state index contributed by atoms with van der Waals surface area (Å²) < 4.78 is 36.6. The van der Waals surface area contributed by atoms with Gasteiger partial charge in [-0.2, -0.15) is 0 Å². The third kappa shape index (κ3) is 5.60. The van der Waals surface area contributed by atoms with E-state index in [1.807, 2.05) is 32.9 Å². The Morgan fingerprint density at radius 2 is 1.78 bits per heavy atom. The van der Waals surface area contributed by atoms with Gasteiger partial charge < -0.3 is 24.8 Å². The molecule has 218 valence electrons. The highest BCUT2D eigenvalue weighted by Gasteiger charge is 2.38. The van der Waals surface area contributed by atoms with Gasteiger partial charge in [-0.05, 0) is 97.5 Å². The number of aromatic nitrogens is 2. The minimum Gasteiger partial charge on any atom is -0.479 e. The number of ether oxygens (including phenoxy) is 1. The van der Waals surface area contributed by atoms with Gasteiger partial charge in [0.1, 0.15) is 22.9 Å². The first kappa shape index (κ1) is 28.8. The first-order chi connectivity index (χ1) is 19.4. The summed E-state index contributed by atoms with van der Waals surface area (Å²) >= 11 is 0. The fraction of sp³-hybridized carbons (Fsp3) is 0.438. The number of nitrogens with zero attached hydrogens (tertiary/aromatic N) is 5. The number of nitrogens with one attached hydrogen (secondary N) is 1. The van der Waals surface area contributed by atoms with Crippen molar-refractivity contribution in [2.75, 3.05) is 42.3 Å². The SMILES string of the molecule is C=C1N(C(C)C)c2cc(-c3nc(Nc4ccc(N5CCC(N(C)C)CC5)c(F)c4)ncc3F)cc(C)c2OC1(C)C. The van der Waals surface area contributed by atoms with Crippen LogP contribution in [0.5, 0.6) is 5.75 Å². The van der Waals surface area contributed by atoms with Crippen molar-refractivity contribution in [3.63, 3.8) is 0 Å². The molecule has 7 nitrogen and oxygen atoms in total. The van der Waals surface area contributed by atoms with E-state index < -0.39 is 11.4 Å². The van der Waals surface area contributed by atoms with Crippen LogP contribution in [0.4, 0.5) is 31.8 Å². The van der Waals surface area contributed by atoms with Crippen LogP contribution in [-0.2, 0) is 0 Å². The summed E-state index contributed by atoms with van der Waals surface area (Å²) in [6, 6.07) is 9.40. The van der Waals surface area contributed by atoms with Crippen LogP contribution in [-0.4, -0.2) is 59.7 Å². The molecule has 2 aliphatic heterocycles. The van der Waals surface area contributed by atoms with E-state index in [9.17, 15) is 0 Å². The van der Waals surface area contributed by atoms with Gasteiger partial charge in [-0.3, -0.25) is 0 Å². The van der Waals surface area contributed by atoms with E-state index in [-0.39, 0.29) is 23.5 Å². The molecule has 0 amide bonds. The Bertz CT molecular complexity index is 1460. The van der Waals surface area contributed by atoms with Gasteiger partial charge in [0, 0.05) is 36.4 Å². The van der Waals surface area contributed by atoms with E-state index >= 15 is 8.78 Å². The van der Waals surface area contributed by atoms with Crippen molar-refractivity contribution in [3.05, 3.63) is 66.0 Å². The Balaban J connectivity index is 1.41. The summed E-state index contributed by atoms with van der Waals surface area (Å²) in [5, 5.41) is 3.05. The molecule has 1 aromatic heterocycles. The van der Waals surface area contributed by atoms with E-state index in [1.54, 1.807) is 12.1 Å². The minimum absolute atomic E-state index is 0.115. The fourth-order valence-corrected chi connectivity index (χ4v) is 5.77. The van der Waals surface area contributed by atoms with Crippen LogP contribution in [0.1, 0.15) is 46.1 Å². The quantitative estimate of drug-likeness (QED) is 0.351. The van der Waals surface area contributed by atoms with Crippen LogP contribution in [0.3, 0.4) is 0 Å². The molecule has 2 aliphatic rings. The van der Waals surface area contributed by atoms with Crippen molar-refractivity contribution in [1.82, 2.24) is 14.9 Å². The van der Waals surface area contributed by atoms with Gasteiger partial charge >= 0.3 is 0 Å². The average molecular weight is 563 g/mol. The zero-order valence-corrected chi connectivity index (χ0v) is 25.1. The van der Waals surface area contributed by atoms with Crippen LogP contribution in [0.15, 0.2) is 48.8 Å². The highest BCUT2D eigenvalue weighted by Crippen LogP contribution is 2.47. The molecule has 0 unspecified atom stereocenters. The van der Waals surface area contributed by atoms with Crippen LogP contribution < -0.4 is 19.9 Å². The lowest BCUT2D eigenvalue weighted by atomic mass is 9.96. The lowest BCUT2D eigenvalue weighted by Crippen LogP contribution is -2.47. The first-order valence-electron chi connectivity index (χ1n) is 14.2. The molecule has 3 aromatic rings. The lowest BCUT2D eigenvalue weighted by molar-refractivity contribution is 0.134. The number of fused-ring (bicyclic) bond motifs is 1. The Morgan fingerprint density at radius 1 is 1.07 bits per heavy atom. The summed E-state index contributed by atoms with van der Waals surface area (Å²) in [4.78, 5) is 15.1. The smallest absolute Gasteiger partial charge is 0.227 e. The maximum Gasteiger partial charge on any atom is 0.227 e. The van der Waals surface area contributed by atoms with Gasteiger partial charge in [0.25, 0.3) is 0 Å². The highest BCUT2D eigenvalue weighted by atomic mass is 19.1. The zero-order valence-electron chi connectivity index (χ0n) is 25.1. The molecule has 1 N–H and O–H groups in total. The van der Waals surface area contributed by atoms with Crippen molar-refractivity contribution in [2.24, 2.45) is 0 Å². The van der Waals surface area contributed by atoms with Crippen LogP contribution in [0, 0.1) is 18.6 Å². The molecular formula is C32H40F2N6O. The monoisotopic (exact) mass is 562 g/mol. The normalized spacial score (nSPS) is 17.2. The maximum atomic E-state index is 15.2. The molecule has 0 saturated carbocycles. The summed E-state index contributed by atoms with van der Waals surface area (Å²) in [5.74, 6) is 0.0554. The van der Waals surface area contributed by atoms with E-state index in [4.69, 9.17) is 4.74 Å². The van der Waals surface area contributed by atoms with Gasteiger partial charge in [0.05, 0.1) is 23.3 Å². The lowest BCUT2D eigenvalue weighted by Gasteiger charge is -2.45. The van der Waals surface area contributed by atoms with Crippen LogP contribution in [0.25, 0.3) is 11.3 Å². The molecule has 0 aliphatic carbocycles. The number of benzene rings is 2. The molecule has 5 rings (SSSR count). The largest absolute Gasteiger partial charge is 0.479 e. The first-order valence-corrected chi connectivity index (χ1v) is 14.2. The van der Waals surface area contributed by atoms with Gasteiger partial charge in [0.15, 0.2) is 5.82 Å². The summed E-state index contributed by atoms with van der Waals surface area (Å²) in [6.07, 6.45) is 3.12. The Labute approximate surface area is 241 Å². The molecule has 0 radical (unpaired) electrons. The molecule has 1 fully saturated rings. The zero-order chi connectivity index (χ0) is 29.6. The molecule has 0 atom stereocenters. The summed E-state index contributed by atoms with van der Waals surface area (Å²) in [6.45, 7) is 16.0. The minimum atomic E-state index is -0.575. The number of anilines is 4. The standard InChI is InChI=1S/C32H40F2N6O/c1-19(2)40-21(4)32(5,6)41-30-20(3)15-22(16-28(30)40)29-26(34)18-35-31(37-29)36-23-9-10-27(25(33)17-23)39-13-11-24(12-14-39)38(7)8/h9-10,15-19,24H,4,11-14H2,1-3,5-8H3,(H,35,36,37). The van der Waals surface area contributed by atoms with Gasteiger partial charge in [0.2, 0.25) is 5.95 Å². The number of hydrogen-bond acceptors (Lipinski definition) is 7. The Hall–Kier alpha value is -3.72. The summed E-state index contributed by atoms with van der Waals surface area (Å²) in [5.41, 5.74) is 3.75. The topological polar surface area (TPSA) is 56.8 Å². The van der Waals surface area contributed by atoms with Crippen molar-refractivity contribution in [1.29, 1.82) is 0 Å². The van der Waals surface area contributed by atoms with E-state index in [1.165, 1.54) is 6.07 Å². The molecule has 9 heteroatoms. The Morgan fingerprint density at radius 3 is 2.41 bits per heavy atom. The van der Waals surface area contributed by atoms with Crippen molar-refractivity contribution < 1.29 is 13.5 Å². The molecule has 41 heavy (non-hydrogen) atoms. The van der Waals surface area contributed by atoms with Crippen LogP contribution >= 0.6 is 0 Å². The van der Waals surface area contributed by atoms with E-state index in [0.717, 1.165) is 54.8 Å². The Kier molecular flexibility index (Phi) is 7.68. The molecule has 1 saturated heterocycles. The van der Waals surface area contributed by atoms with Crippen molar-refractivity contribution in [3.8, 4) is 17.0 Å². The maximum absolute atomic E-state index is 15.2. The predicted octanol–water partition coefficient (Wildman–Crippen LogP) is 6.90. The summed E-state index contributed by atoms with van der Waals surface area (Å²) in [7, 11) is 4.17. The second kappa shape index (κ2) is 10.9. The van der Waals surface area contributed by atoms with Crippen molar-refractivity contribution >= 4 is 23.0 Å². The molecule has 0 bridgehead atoms. The van der Waals surface area contributed by atoms with Gasteiger partial charge in [-0.15, -0.1) is 0 Å². The number of rotatable bonds is 6. The highest BCUT2D eigenvalue weighted by molar-refractivity contribution is 5.77. The number of aryl methyl sites for hydroxylation is 1. The molecule has 0 spiro atoms. The third-order valence-electron chi connectivity index (χ3n) is 8.13. The third-order valence-corrected chi connectivity index (χ3v) is 8.13. The molecule has 3 heterocycles.